The van der Waals surface area contributed by atoms with Crippen LogP contribution >= 0.6 is 0 Å². The Morgan fingerprint density at radius 3 is 2.16 bits per heavy atom. The molecule has 0 aliphatic carbocycles. The maximum atomic E-state index is 12.3. The highest BCUT2D eigenvalue weighted by Gasteiger charge is 2.14. The zero-order valence-corrected chi connectivity index (χ0v) is 13.5. The molecule has 8 heteroatoms. The Morgan fingerprint density at radius 1 is 0.960 bits per heavy atom. The Morgan fingerprint density at radius 2 is 1.60 bits per heavy atom. The van der Waals surface area contributed by atoms with Crippen LogP contribution in [0.2, 0.25) is 0 Å². The van der Waals surface area contributed by atoms with Gasteiger partial charge in [0.15, 0.2) is 11.5 Å². The fraction of sp³-hybridized carbons (Fsp3) is 0.176. The molecule has 0 saturated heterocycles. The summed E-state index contributed by atoms with van der Waals surface area (Å²) in [6.45, 7) is -2.99. The van der Waals surface area contributed by atoms with Crippen LogP contribution in [-0.4, -0.2) is 32.6 Å². The molecule has 2 aromatic rings. The first-order chi connectivity index (χ1) is 11.9. The van der Waals surface area contributed by atoms with Crippen molar-refractivity contribution in [3.63, 3.8) is 0 Å². The monoisotopic (exact) mass is 350 g/mol. The molecule has 2 N–H and O–H groups in total. The number of carbonyl (C=O) groups excluding carboxylic acids is 2. The van der Waals surface area contributed by atoms with E-state index in [1.165, 1.54) is 32.4 Å². The second kappa shape index (κ2) is 8.09. The molecule has 0 bridgehead atoms. The number of anilines is 1. The van der Waals surface area contributed by atoms with Crippen LogP contribution in [0.1, 0.15) is 20.7 Å². The molecule has 2 aromatic carbocycles. The third-order valence-electron chi connectivity index (χ3n) is 3.27. The standard InChI is InChI=1S/C17H16F2N2O4/c1-20-15(22)10-3-6-12(7-4-10)21-16(23)11-5-8-13(25-17(18)19)14(9-11)24-2/h3-9,17H,1-2H3,(H,20,22)(H,21,23). The van der Waals surface area contributed by atoms with Gasteiger partial charge in [-0.2, -0.15) is 8.78 Å². The quantitative estimate of drug-likeness (QED) is 0.840. The molecule has 2 amide bonds. The summed E-state index contributed by atoms with van der Waals surface area (Å²) in [6.07, 6.45) is 0. The van der Waals surface area contributed by atoms with Gasteiger partial charge in [0.25, 0.3) is 11.8 Å². The Kier molecular flexibility index (Phi) is 5.89. The third-order valence-corrected chi connectivity index (χ3v) is 3.27. The minimum absolute atomic E-state index is 0.0166. The lowest BCUT2D eigenvalue weighted by molar-refractivity contribution is -0.0512. The third kappa shape index (κ3) is 4.66. The number of benzene rings is 2. The number of ether oxygens (including phenoxy) is 2. The van der Waals surface area contributed by atoms with Crippen molar-refractivity contribution in [1.29, 1.82) is 0 Å². The first kappa shape index (κ1) is 18.2. The largest absolute Gasteiger partial charge is 0.493 e. The first-order valence-electron chi connectivity index (χ1n) is 7.21. The molecule has 0 aliphatic rings. The molecule has 132 valence electrons. The van der Waals surface area contributed by atoms with Gasteiger partial charge in [0.1, 0.15) is 0 Å². The highest BCUT2D eigenvalue weighted by Crippen LogP contribution is 2.29. The van der Waals surface area contributed by atoms with Gasteiger partial charge in [-0.3, -0.25) is 9.59 Å². The zero-order chi connectivity index (χ0) is 18.4. The van der Waals surface area contributed by atoms with E-state index in [9.17, 15) is 18.4 Å². The van der Waals surface area contributed by atoms with E-state index < -0.39 is 12.5 Å². The lowest BCUT2D eigenvalue weighted by Crippen LogP contribution is -2.18. The van der Waals surface area contributed by atoms with Crippen LogP contribution in [0.5, 0.6) is 11.5 Å². The number of rotatable bonds is 6. The molecule has 2 rings (SSSR count). The predicted octanol–water partition coefficient (Wildman–Crippen LogP) is 2.91. The molecule has 0 atom stereocenters. The summed E-state index contributed by atoms with van der Waals surface area (Å²) in [5, 5.41) is 5.13. The topological polar surface area (TPSA) is 76.7 Å². The Hall–Kier alpha value is -3.16. The maximum Gasteiger partial charge on any atom is 0.387 e. The van der Waals surface area contributed by atoms with Crippen LogP contribution in [0.25, 0.3) is 0 Å². The summed E-state index contributed by atoms with van der Waals surface area (Å²) >= 11 is 0. The van der Waals surface area contributed by atoms with Crippen LogP contribution in [0.3, 0.4) is 0 Å². The number of alkyl halides is 2. The van der Waals surface area contributed by atoms with E-state index in [4.69, 9.17) is 4.74 Å². The van der Waals surface area contributed by atoms with Gasteiger partial charge in [-0.1, -0.05) is 0 Å². The summed E-state index contributed by atoms with van der Waals surface area (Å²) in [5.74, 6) is -0.848. The molecule has 0 saturated carbocycles. The van der Waals surface area contributed by atoms with Gasteiger partial charge >= 0.3 is 6.61 Å². The van der Waals surface area contributed by atoms with Gasteiger partial charge in [-0.25, -0.2) is 0 Å². The smallest absolute Gasteiger partial charge is 0.387 e. The summed E-state index contributed by atoms with van der Waals surface area (Å²) < 4.78 is 33.9. The van der Waals surface area contributed by atoms with Crippen LogP contribution in [-0.2, 0) is 0 Å². The van der Waals surface area contributed by atoms with Gasteiger partial charge in [0.2, 0.25) is 0 Å². The van der Waals surface area contributed by atoms with Crippen molar-refractivity contribution in [1.82, 2.24) is 5.32 Å². The predicted molar refractivity (Wildman–Crippen MR) is 87.4 cm³/mol. The molecule has 0 heterocycles. The van der Waals surface area contributed by atoms with E-state index >= 15 is 0 Å². The minimum Gasteiger partial charge on any atom is -0.493 e. The van der Waals surface area contributed by atoms with E-state index in [1.54, 1.807) is 24.3 Å². The Labute approximate surface area is 142 Å². The molecule has 0 aliphatic heterocycles. The van der Waals surface area contributed by atoms with Gasteiger partial charge in [-0.15, -0.1) is 0 Å². The average molecular weight is 350 g/mol. The van der Waals surface area contributed by atoms with Gasteiger partial charge < -0.3 is 20.1 Å². The van der Waals surface area contributed by atoms with E-state index in [1.807, 2.05) is 0 Å². The van der Waals surface area contributed by atoms with E-state index in [-0.39, 0.29) is 23.0 Å². The number of amides is 2. The first-order valence-corrected chi connectivity index (χ1v) is 7.21. The number of methoxy groups -OCH3 is 1. The van der Waals surface area contributed by atoms with E-state index in [0.717, 1.165) is 0 Å². The zero-order valence-electron chi connectivity index (χ0n) is 13.5. The van der Waals surface area contributed by atoms with Crippen LogP contribution in [0, 0.1) is 0 Å². The van der Waals surface area contributed by atoms with Crippen molar-refractivity contribution < 1.29 is 27.8 Å². The van der Waals surface area contributed by atoms with E-state index in [0.29, 0.717) is 11.3 Å². The summed E-state index contributed by atoms with van der Waals surface area (Å²) in [6, 6.07) is 10.2. The molecule has 0 spiro atoms. The summed E-state index contributed by atoms with van der Waals surface area (Å²) in [7, 11) is 2.81. The summed E-state index contributed by atoms with van der Waals surface area (Å²) in [5.41, 5.74) is 1.13. The lowest BCUT2D eigenvalue weighted by Gasteiger charge is -2.11. The van der Waals surface area contributed by atoms with Gasteiger partial charge in [0.05, 0.1) is 7.11 Å². The van der Waals surface area contributed by atoms with Crippen molar-refractivity contribution >= 4 is 17.5 Å². The molecular formula is C17H16F2N2O4. The van der Waals surface area contributed by atoms with Crippen molar-refractivity contribution in [2.75, 3.05) is 19.5 Å². The molecule has 25 heavy (non-hydrogen) atoms. The molecule has 0 radical (unpaired) electrons. The van der Waals surface area contributed by atoms with Crippen molar-refractivity contribution in [3.05, 3.63) is 53.6 Å². The number of nitrogens with one attached hydrogen (secondary N) is 2. The average Bonchev–Trinajstić information content (AvgIpc) is 2.61. The lowest BCUT2D eigenvalue weighted by atomic mass is 10.1. The molecule has 0 unspecified atom stereocenters. The molecule has 6 nitrogen and oxygen atoms in total. The Balaban J connectivity index is 2.13. The number of halogens is 2. The van der Waals surface area contributed by atoms with Gasteiger partial charge in [-0.05, 0) is 42.5 Å². The number of hydrogen-bond donors (Lipinski definition) is 2. The molecule has 0 fully saturated rings. The summed E-state index contributed by atoms with van der Waals surface area (Å²) in [4.78, 5) is 23.7. The van der Waals surface area contributed by atoms with Crippen molar-refractivity contribution in [2.24, 2.45) is 0 Å². The maximum absolute atomic E-state index is 12.3. The van der Waals surface area contributed by atoms with Crippen molar-refractivity contribution in [3.8, 4) is 11.5 Å². The van der Waals surface area contributed by atoms with Crippen LogP contribution < -0.4 is 20.1 Å². The number of hydrogen-bond acceptors (Lipinski definition) is 4. The molecular weight excluding hydrogens is 334 g/mol. The fourth-order valence-corrected chi connectivity index (χ4v) is 2.05. The van der Waals surface area contributed by atoms with Crippen LogP contribution in [0.4, 0.5) is 14.5 Å². The second-order valence-electron chi connectivity index (χ2n) is 4.85. The second-order valence-corrected chi connectivity index (χ2v) is 4.85. The SMILES string of the molecule is CNC(=O)c1ccc(NC(=O)c2ccc(OC(F)F)c(OC)c2)cc1. The van der Waals surface area contributed by atoms with E-state index in [2.05, 4.69) is 15.4 Å². The highest BCUT2D eigenvalue weighted by molar-refractivity contribution is 6.05. The minimum atomic E-state index is -2.99. The van der Waals surface area contributed by atoms with Crippen molar-refractivity contribution in [2.45, 2.75) is 6.61 Å². The normalized spacial score (nSPS) is 10.3. The fourth-order valence-electron chi connectivity index (χ4n) is 2.05. The van der Waals surface area contributed by atoms with Gasteiger partial charge in [0, 0.05) is 23.9 Å². The Bertz CT molecular complexity index is 764. The van der Waals surface area contributed by atoms with Crippen LogP contribution in [0.15, 0.2) is 42.5 Å². The number of carbonyl (C=O) groups is 2. The molecule has 0 aromatic heterocycles. The highest BCUT2D eigenvalue weighted by atomic mass is 19.3.